The van der Waals surface area contributed by atoms with Crippen molar-refractivity contribution in [2.24, 2.45) is 0 Å². The van der Waals surface area contributed by atoms with E-state index < -0.39 is 5.97 Å². The van der Waals surface area contributed by atoms with Gasteiger partial charge in [-0.3, -0.25) is 0 Å². The molecule has 1 rings (SSSR count). The van der Waals surface area contributed by atoms with Gasteiger partial charge in [0.15, 0.2) is 0 Å². The zero-order valence-corrected chi connectivity index (χ0v) is 9.38. The fourth-order valence-corrected chi connectivity index (χ4v) is 1.94. The zero-order valence-electron chi connectivity index (χ0n) is 8.56. The SMILES string of the molecule is CCC(O)CNCc1ccsc1C(=O)O. The van der Waals surface area contributed by atoms with Crippen LogP contribution in [0, 0.1) is 0 Å². The number of nitrogens with one attached hydrogen (secondary N) is 1. The number of aliphatic hydroxyl groups is 1. The van der Waals surface area contributed by atoms with Gasteiger partial charge >= 0.3 is 5.97 Å². The monoisotopic (exact) mass is 229 g/mol. The third-order valence-electron chi connectivity index (χ3n) is 2.11. The van der Waals surface area contributed by atoms with Crippen LogP contribution in [0.4, 0.5) is 0 Å². The highest BCUT2D eigenvalue weighted by molar-refractivity contribution is 7.12. The lowest BCUT2D eigenvalue weighted by atomic mass is 10.2. The molecule has 0 fully saturated rings. The van der Waals surface area contributed by atoms with Crippen molar-refractivity contribution >= 4 is 17.3 Å². The zero-order chi connectivity index (χ0) is 11.3. The number of carbonyl (C=O) groups is 1. The molecule has 1 heterocycles. The summed E-state index contributed by atoms with van der Waals surface area (Å²) < 4.78 is 0. The van der Waals surface area contributed by atoms with E-state index in [1.165, 1.54) is 11.3 Å². The fraction of sp³-hybridized carbons (Fsp3) is 0.500. The number of carboxylic acid groups (broad SMARTS) is 1. The van der Waals surface area contributed by atoms with Gasteiger partial charge in [-0.1, -0.05) is 6.92 Å². The molecule has 3 N–H and O–H groups in total. The van der Waals surface area contributed by atoms with Crippen LogP contribution in [-0.4, -0.2) is 28.8 Å². The van der Waals surface area contributed by atoms with Crippen molar-refractivity contribution in [3.63, 3.8) is 0 Å². The molecule has 1 unspecified atom stereocenters. The van der Waals surface area contributed by atoms with Crippen LogP contribution in [-0.2, 0) is 6.54 Å². The first-order valence-electron chi connectivity index (χ1n) is 4.83. The molecule has 84 valence electrons. The van der Waals surface area contributed by atoms with Gasteiger partial charge in [0, 0.05) is 13.1 Å². The number of thiophene rings is 1. The molecule has 0 bridgehead atoms. The second-order valence-corrected chi connectivity index (χ2v) is 4.19. The van der Waals surface area contributed by atoms with E-state index >= 15 is 0 Å². The number of hydrogen-bond donors (Lipinski definition) is 3. The molecule has 5 heteroatoms. The summed E-state index contributed by atoms with van der Waals surface area (Å²) in [4.78, 5) is 11.1. The summed E-state index contributed by atoms with van der Waals surface area (Å²) in [5.41, 5.74) is 0.774. The largest absolute Gasteiger partial charge is 0.477 e. The van der Waals surface area contributed by atoms with E-state index in [4.69, 9.17) is 5.11 Å². The molecule has 0 aliphatic heterocycles. The van der Waals surface area contributed by atoms with E-state index in [-0.39, 0.29) is 6.10 Å². The third-order valence-corrected chi connectivity index (χ3v) is 3.05. The van der Waals surface area contributed by atoms with Crippen LogP contribution in [0.1, 0.15) is 28.6 Å². The summed E-state index contributed by atoms with van der Waals surface area (Å²) in [6, 6.07) is 1.79. The van der Waals surface area contributed by atoms with Gasteiger partial charge in [-0.25, -0.2) is 4.79 Å². The highest BCUT2D eigenvalue weighted by Crippen LogP contribution is 2.16. The highest BCUT2D eigenvalue weighted by Gasteiger charge is 2.11. The Labute approximate surface area is 92.6 Å². The van der Waals surface area contributed by atoms with E-state index in [0.717, 1.165) is 5.56 Å². The number of aliphatic hydroxyl groups excluding tert-OH is 1. The topological polar surface area (TPSA) is 69.6 Å². The second kappa shape index (κ2) is 5.85. The van der Waals surface area contributed by atoms with Crippen molar-refractivity contribution in [3.05, 3.63) is 21.9 Å². The molecule has 1 aromatic rings. The van der Waals surface area contributed by atoms with Gasteiger partial charge < -0.3 is 15.5 Å². The number of hydrogen-bond acceptors (Lipinski definition) is 4. The minimum absolute atomic E-state index is 0.364. The van der Waals surface area contributed by atoms with E-state index in [1.54, 1.807) is 11.4 Å². The van der Waals surface area contributed by atoms with Gasteiger partial charge in [-0.05, 0) is 23.4 Å². The first kappa shape index (κ1) is 12.2. The molecule has 0 radical (unpaired) electrons. The Kier molecular flexibility index (Phi) is 4.74. The molecular formula is C10H15NO3S. The smallest absolute Gasteiger partial charge is 0.346 e. The van der Waals surface area contributed by atoms with Gasteiger partial charge in [0.1, 0.15) is 4.88 Å². The quantitative estimate of drug-likeness (QED) is 0.688. The lowest BCUT2D eigenvalue weighted by molar-refractivity contribution is 0.0701. The van der Waals surface area contributed by atoms with Crippen molar-refractivity contribution in [1.29, 1.82) is 0 Å². The molecule has 4 nitrogen and oxygen atoms in total. The normalized spacial score (nSPS) is 12.7. The molecule has 15 heavy (non-hydrogen) atoms. The molecule has 0 spiro atoms. The summed E-state index contributed by atoms with van der Waals surface area (Å²) >= 11 is 1.22. The van der Waals surface area contributed by atoms with Crippen LogP contribution in [0.5, 0.6) is 0 Å². The number of rotatable bonds is 6. The van der Waals surface area contributed by atoms with Crippen LogP contribution in [0.3, 0.4) is 0 Å². The molecule has 0 aliphatic rings. The molecular weight excluding hydrogens is 214 g/mol. The molecule has 1 atom stereocenters. The summed E-state index contributed by atoms with van der Waals surface area (Å²) in [6.07, 6.45) is 0.333. The average molecular weight is 229 g/mol. The fourth-order valence-electron chi connectivity index (χ4n) is 1.18. The van der Waals surface area contributed by atoms with Gasteiger partial charge in [0.25, 0.3) is 0 Å². The van der Waals surface area contributed by atoms with Crippen molar-refractivity contribution < 1.29 is 15.0 Å². The Balaban J connectivity index is 2.44. The minimum Gasteiger partial charge on any atom is -0.477 e. The van der Waals surface area contributed by atoms with Crippen molar-refractivity contribution in [2.45, 2.75) is 26.0 Å². The summed E-state index contributed by atoms with van der Waals surface area (Å²) in [5.74, 6) is -0.891. The predicted octanol–water partition coefficient (Wildman–Crippen LogP) is 1.31. The molecule has 1 aromatic heterocycles. The van der Waals surface area contributed by atoms with Crippen LogP contribution < -0.4 is 5.32 Å². The van der Waals surface area contributed by atoms with Crippen LogP contribution in [0.25, 0.3) is 0 Å². The minimum atomic E-state index is -0.891. The van der Waals surface area contributed by atoms with Gasteiger partial charge in [0.2, 0.25) is 0 Å². The Hall–Kier alpha value is -0.910. The molecule has 0 saturated heterocycles. The second-order valence-electron chi connectivity index (χ2n) is 3.27. The van der Waals surface area contributed by atoms with Gasteiger partial charge in [-0.15, -0.1) is 11.3 Å². The first-order chi connectivity index (χ1) is 7.15. The summed E-state index contributed by atoms with van der Waals surface area (Å²) in [7, 11) is 0. The van der Waals surface area contributed by atoms with Crippen molar-refractivity contribution in [1.82, 2.24) is 5.32 Å². The van der Waals surface area contributed by atoms with Gasteiger partial charge in [0.05, 0.1) is 6.10 Å². The maximum atomic E-state index is 10.8. The van der Waals surface area contributed by atoms with Crippen LogP contribution in [0.2, 0.25) is 0 Å². The summed E-state index contributed by atoms with van der Waals surface area (Å²) in [6.45, 7) is 2.88. The van der Waals surface area contributed by atoms with E-state index in [0.29, 0.717) is 24.4 Å². The van der Waals surface area contributed by atoms with E-state index in [9.17, 15) is 9.90 Å². The predicted molar refractivity (Wildman–Crippen MR) is 59.3 cm³/mol. The lowest BCUT2D eigenvalue weighted by Gasteiger charge is -2.08. The van der Waals surface area contributed by atoms with E-state index in [2.05, 4.69) is 5.32 Å². The number of aromatic carboxylic acids is 1. The maximum absolute atomic E-state index is 10.8. The average Bonchev–Trinajstić information content (AvgIpc) is 2.65. The van der Waals surface area contributed by atoms with Crippen LogP contribution in [0.15, 0.2) is 11.4 Å². The van der Waals surface area contributed by atoms with Crippen molar-refractivity contribution in [3.8, 4) is 0 Å². The Morgan fingerprint density at radius 2 is 2.40 bits per heavy atom. The molecule has 0 aliphatic carbocycles. The Morgan fingerprint density at radius 3 is 3.00 bits per heavy atom. The Bertz CT molecular complexity index is 324. The summed E-state index contributed by atoms with van der Waals surface area (Å²) in [5, 5.41) is 22.9. The van der Waals surface area contributed by atoms with Crippen LogP contribution >= 0.6 is 11.3 Å². The standard InChI is InChI=1S/C10H15NO3S/c1-2-8(12)6-11-5-7-3-4-15-9(7)10(13)14/h3-4,8,11-12H,2,5-6H2,1H3,(H,13,14). The van der Waals surface area contributed by atoms with Crippen molar-refractivity contribution in [2.75, 3.05) is 6.54 Å². The molecule has 0 saturated carbocycles. The van der Waals surface area contributed by atoms with E-state index in [1.807, 2.05) is 6.92 Å². The lowest BCUT2D eigenvalue weighted by Crippen LogP contribution is -2.26. The van der Waals surface area contributed by atoms with Gasteiger partial charge in [-0.2, -0.15) is 0 Å². The number of carboxylic acids is 1. The maximum Gasteiger partial charge on any atom is 0.346 e. The molecule has 0 aromatic carbocycles. The third kappa shape index (κ3) is 3.62. The Morgan fingerprint density at radius 1 is 1.67 bits per heavy atom. The highest BCUT2D eigenvalue weighted by atomic mass is 32.1. The first-order valence-corrected chi connectivity index (χ1v) is 5.71. The molecule has 0 amide bonds.